The van der Waals surface area contributed by atoms with Crippen molar-refractivity contribution >= 4 is 29.0 Å². The summed E-state index contributed by atoms with van der Waals surface area (Å²) in [5.74, 6) is 0.398. The summed E-state index contributed by atoms with van der Waals surface area (Å²) in [6.45, 7) is 1.87. The first-order valence-corrected chi connectivity index (χ1v) is 7.59. The van der Waals surface area contributed by atoms with E-state index in [4.69, 9.17) is 9.15 Å². The number of nitrogens with zero attached hydrogens (tertiary/aromatic N) is 3. The molecule has 10 heteroatoms. The predicted octanol–water partition coefficient (Wildman–Crippen LogP) is 2.28. The summed E-state index contributed by atoms with van der Waals surface area (Å²) in [6.07, 6.45) is 0.609. The van der Waals surface area contributed by atoms with Crippen LogP contribution >= 0.6 is 11.8 Å². The molecule has 2 rings (SSSR count). The maximum absolute atomic E-state index is 11.9. The summed E-state index contributed by atoms with van der Waals surface area (Å²) in [5, 5.41) is 21.4. The minimum atomic E-state index is -0.587. The Labute approximate surface area is 135 Å². The Hall–Kier alpha value is -2.62. The molecule has 0 saturated heterocycles. The third kappa shape index (κ3) is 4.42. The van der Waals surface area contributed by atoms with Crippen LogP contribution in [0.25, 0.3) is 0 Å². The SMILES string of the molecule is CCc1nnc(SCC(=O)Nc2ccc(OC)cc2[N+](=O)[O-])o1. The highest BCUT2D eigenvalue weighted by molar-refractivity contribution is 7.99. The van der Waals surface area contributed by atoms with Gasteiger partial charge in [0.1, 0.15) is 11.4 Å². The smallest absolute Gasteiger partial charge is 0.296 e. The molecule has 122 valence electrons. The lowest BCUT2D eigenvalue weighted by atomic mass is 10.2. The fourth-order valence-electron chi connectivity index (χ4n) is 1.65. The molecule has 0 bridgehead atoms. The lowest BCUT2D eigenvalue weighted by Gasteiger charge is -2.06. The van der Waals surface area contributed by atoms with E-state index >= 15 is 0 Å². The van der Waals surface area contributed by atoms with Gasteiger partial charge in [-0.15, -0.1) is 10.2 Å². The number of thioether (sulfide) groups is 1. The number of aryl methyl sites for hydroxylation is 1. The fraction of sp³-hybridized carbons (Fsp3) is 0.308. The average molecular weight is 338 g/mol. The minimum absolute atomic E-state index is 0.00543. The summed E-state index contributed by atoms with van der Waals surface area (Å²) in [5.41, 5.74) is -0.144. The first-order chi connectivity index (χ1) is 11.0. The Balaban J connectivity index is 2.00. The van der Waals surface area contributed by atoms with Crippen molar-refractivity contribution in [3.63, 3.8) is 0 Å². The number of nitro benzene ring substituents is 1. The molecule has 0 fully saturated rings. The van der Waals surface area contributed by atoms with Crippen LogP contribution in [0.15, 0.2) is 27.8 Å². The van der Waals surface area contributed by atoms with Gasteiger partial charge in [0.25, 0.3) is 10.9 Å². The Morgan fingerprint density at radius 1 is 1.48 bits per heavy atom. The number of ether oxygens (including phenoxy) is 1. The predicted molar refractivity (Wildman–Crippen MR) is 82.7 cm³/mol. The topological polar surface area (TPSA) is 120 Å². The molecule has 0 spiro atoms. The van der Waals surface area contributed by atoms with Crippen LogP contribution in [0.5, 0.6) is 5.75 Å². The number of nitro groups is 1. The number of aromatic nitrogens is 2. The second-order valence-corrected chi connectivity index (χ2v) is 5.22. The van der Waals surface area contributed by atoms with E-state index in [2.05, 4.69) is 15.5 Å². The minimum Gasteiger partial charge on any atom is -0.496 e. The molecule has 1 N–H and O–H groups in total. The van der Waals surface area contributed by atoms with Crippen LogP contribution in [0.1, 0.15) is 12.8 Å². The van der Waals surface area contributed by atoms with E-state index in [1.807, 2.05) is 6.92 Å². The van der Waals surface area contributed by atoms with Crippen molar-refractivity contribution in [2.45, 2.75) is 18.6 Å². The summed E-state index contributed by atoms with van der Waals surface area (Å²) in [4.78, 5) is 22.4. The monoisotopic (exact) mass is 338 g/mol. The van der Waals surface area contributed by atoms with E-state index in [1.165, 1.54) is 25.3 Å². The Morgan fingerprint density at radius 2 is 2.26 bits per heavy atom. The van der Waals surface area contributed by atoms with E-state index in [1.54, 1.807) is 0 Å². The normalized spacial score (nSPS) is 10.3. The van der Waals surface area contributed by atoms with Gasteiger partial charge in [-0.25, -0.2) is 0 Å². The van der Waals surface area contributed by atoms with Gasteiger partial charge >= 0.3 is 0 Å². The number of anilines is 1. The van der Waals surface area contributed by atoms with Crippen molar-refractivity contribution in [3.8, 4) is 5.75 Å². The summed E-state index contributed by atoms with van der Waals surface area (Å²) in [6, 6.07) is 4.19. The molecule has 0 atom stereocenters. The van der Waals surface area contributed by atoms with Gasteiger partial charge in [-0.2, -0.15) is 0 Å². The van der Waals surface area contributed by atoms with E-state index in [-0.39, 0.29) is 22.4 Å². The van der Waals surface area contributed by atoms with Crippen LogP contribution in [-0.4, -0.2) is 33.9 Å². The molecule has 1 aromatic heterocycles. The van der Waals surface area contributed by atoms with Crippen LogP contribution in [-0.2, 0) is 11.2 Å². The largest absolute Gasteiger partial charge is 0.496 e. The van der Waals surface area contributed by atoms with E-state index in [0.717, 1.165) is 11.8 Å². The number of hydrogen-bond donors (Lipinski definition) is 1. The fourth-order valence-corrected chi connectivity index (χ4v) is 2.23. The number of amides is 1. The Morgan fingerprint density at radius 3 is 2.87 bits per heavy atom. The molecule has 0 aliphatic heterocycles. The van der Waals surface area contributed by atoms with Crippen molar-refractivity contribution in [1.29, 1.82) is 0 Å². The number of rotatable bonds is 7. The van der Waals surface area contributed by atoms with Gasteiger partial charge in [-0.05, 0) is 12.1 Å². The van der Waals surface area contributed by atoms with Crippen LogP contribution in [0.2, 0.25) is 0 Å². The summed E-state index contributed by atoms with van der Waals surface area (Å²) < 4.78 is 10.2. The quantitative estimate of drug-likeness (QED) is 0.464. The number of nitrogens with one attached hydrogen (secondary N) is 1. The molecule has 0 aliphatic rings. The van der Waals surface area contributed by atoms with Gasteiger partial charge in [-0.3, -0.25) is 14.9 Å². The zero-order valence-corrected chi connectivity index (χ0v) is 13.3. The zero-order chi connectivity index (χ0) is 16.8. The van der Waals surface area contributed by atoms with Crippen LogP contribution in [0.3, 0.4) is 0 Å². The van der Waals surface area contributed by atoms with Gasteiger partial charge in [-0.1, -0.05) is 18.7 Å². The van der Waals surface area contributed by atoms with Crippen LogP contribution < -0.4 is 10.1 Å². The van der Waals surface area contributed by atoms with Gasteiger partial charge in [0.05, 0.1) is 23.9 Å². The highest BCUT2D eigenvalue weighted by atomic mass is 32.2. The molecule has 0 unspecified atom stereocenters. The number of benzene rings is 1. The Kier molecular flexibility index (Phi) is 5.52. The molecular formula is C13H14N4O5S. The molecule has 1 aromatic carbocycles. The maximum atomic E-state index is 11.9. The van der Waals surface area contributed by atoms with Crippen molar-refractivity contribution in [2.24, 2.45) is 0 Å². The number of carbonyl (C=O) groups is 1. The number of hydrogen-bond acceptors (Lipinski definition) is 8. The van der Waals surface area contributed by atoms with Gasteiger partial charge in [0, 0.05) is 6.42 Å². The lowest BCUT2D eigenvalue weighted by Crippen LogP contribution is -2.15. The van der Waals surface area contributed by atoms with Gasteiger partial charge < -0.3 is 14.5 Å². The molecule has 0 saturated carbocycles. The van der Waals surface area contributed by atoms with Crippen LogP contribution in [0.4, 0.5) is 11.4 Å². The zero-order valence-electron chi connectivity index (χ0n) is 12.4. The van der Waals surface area contributed by atoms with Crippen molar-refractivity contribution in [2.75, 3.05) is 18.2 Å². The van der Waals surface area contributed by atoms with Crippen molar-refractivity contribution in [3.05, 3.63) is 34.2 Å². The third-order valence-corrected chi connectivity index (χ3v) is 3.57. The standard InChI is InChI=1S/C13H14N4O5S/c1-3-12-15-16-13(22-12)23-7-11(18)14-9-5-4-8(21-2)6-10(9)17(19)20/h4-6H,3,7H2,1-2H3,(H,14,18). The molecule has 23 heavy (non-hydrogen) atoms. The van der Waals surface area contributed by atoms with Gasteiger partial charge in [0.15, 0.2) is 0 Å². The van der Waals surface area contributed by atoms with E-state index in [9.17, 15) is 14.9 Å². The average Bonchev–Trinajstić information content (AvgIpc) is 3.01. The van der Waals surface area contributed by atoms with Crippen molar-refractivity contribution in [1.82, 2.24) is 10.2 Å². The lowest BCUT2D eigenvalue weighted by molar-refractivity contribution is -0.384. The first-order valence-electron chi connectivity index (χ1n) is 6.61. The van der Waals surface area contributed by atoms with Gasteiger partial charge in [0.2, 0.25) is 11.8 Å². The summed E-state index contributed by atoms with van der Waals surface area (Å²) >= 11 is 1.06. The second kappa shape index (κ2) is 7.58. The molecular weight excluding hydrogens is 324 g/mol. The van der Waals surface area contributed by atoms with Crippen LogP contribution in [0, 0.1) is 10.1 Å². The second-order valence-electron chi connectivity index (χ2n) is 4.29. The molecule has 1 amide bonds. The third-order valence-electron chi connectivity index (χ3n) is 2.75. The molecule has 0 radical (unpaired) electrons. The number of methoxy groups -OCH3 is 1. The Bertz CT molecular complexity index is 718. The number of carbonyl (C=O) groups excluding carboxylic acids is 1. The highest BCUT2D eigenvalue weighted by Gasteiger charge is 2.18. The first kappa shape index (κ1) is 16.7. The molecule has 0 aliphatic carbocycles. The molecule has 2 aromatic rings. The van der Waals surface area contributed by atoms with Crippen molar-refractivity contribution < 1.29 is 18.9 Å². The maximum Gasteiger partial charge on any atom is 0.296 e. The van der Waals surface area contributed by atoms with E-state index < -0.39 is 10.8 Å². The molecule has 9 nitrogen and oxygen atoms in total. The summed E-state index contributed by atoms with van der Waals surface area (Å²) in [7, 11) is 1.41. The highest BCUT2D eigenvalue weighted by Crippen LogP contribution is 2.29. The van der Waals surface area contributed by atoms with E-state index in [0.29, 0.717) is 18.1 Å². The molecule has 1 heterocycles.